The van der Waals surface area contributed by atoms with Gasteiger partial charge in [-0.05, 0) is 60.1 Å². The van der Waals surface area contributed by atoms with Gasteiger partial charge < -0.3 is 15.0 Å². The molecule has 2 N–H and O–H groups in total. The summed E-state index contributed by atoms with van der Waals surface area (Å²) in [6, 6.07) is 8.83. The van der Waals surface area contributed by atoms with Crippen LogP contribution in [0.15, 0.2) is 42.6 Å². The second-order valence-electron chi connectivity index (χ2n) is 10.4. The topological polar surface area (TPSA) is 106 Å². The summed E-state index contributed by atoms with van der Waals surface area (Å²) in [7, 11) is 0. The zero-order valence-electron chi connectivity index (χ0n) is 22.4. The number of aromatic nitrogens is 5. The highest BCUT2D eigenvalue weighted by Gasteiger charge is 2.30. The van der Waals surface area contributed by atoms with Crippen molar-refractivity contribution in [2.24, 2.45) is 5.92 Å². The molecule has 1 fully saturated rings. The van der Waals surface area contributed by atoms with Crippen molar-refractivity contribution in [1.82, 2.24) is 24.5 Å². The van der Waals surface area contributed by atoms with Crippen molar-refractivity contribution in [3.8, 4) is 11.5 Å². The van der Waals surface area contributed by atoms with Crippen molar-refractivity contribution in [2.45, 2.75) is 64.6 Å². The van der Waals surface area contributed by atoms with E-state index in [1.807, 2.05) is 12.1 Å². The van der Waals surface area contributed by atoms with Crippen molar-refractivity contribution >= 4 is 23.0 Å². The number of carboxylic acids is 1. The van der Waals surface area contributed by atoms with Crippen LogP contribution in [0.25, 0.3) is 22.7 Å². The fraction of sp³-hybridized carbons (Fsp3) is 0.414. The number of hydrogen-bond donors (Lipinski definition) is 2. The number of hydrogen-bond acceptors (Lipinski definition) is 6. The Morgan fingerprint density at radius 2 is 1.90 bits per heavy atom. The lowest BCUT2D eigenvalue weighted by molar-refractivity contribution is -0.137. The monoisotopic (exact) mass is 552 g/mol. The third-order valence-corrected chi connectivity index (χ3v) is 7.68. The molecule has 1 atom stereocenters. The molecule has 0 aliphatic heterocycles. The number of alkyl halides is 3. The minimum absolute atomic E-state index is 0.159. The molecular formula is C29H31F3N6O2. The highest BCUT2D eigenvalue weighted by molar-refractivity contribution is 5.92. The van der Waals surface area contributed by atoms with E-state index < -0.39 is 17.7 Å². The van der Waals surface area contributed by atoms with Crippen molar-refractivity contribution in [1.29, 1.82) is 0 Å². The summed E-state index contributed by atoms with van der Waals surface area (Å²) >= 11 is 0. The maximum atomic E-state index is 13.2. The van der Waals surface area contributed by atoms with Crippen molar-refractivity contribution in [3.63, 3.8) is 0 Å². The third-order valence-electron chi connectivity index (χ3n) is 7.68. The number of imidazole rings is 1. The first-order valence-corrected chi connectivity index (χ1v) is 13.5. The van der Waals surface area contributed by atoms with E-state index >= 15 is 0 Å². The molecule has 0 spiro atoms. The summed E-state index contributed by atoms with van der Waals surface area (Å²) < 4.78 is 41.4. The molecule has 1 saturated carbocycles. The van der Waals surface area contributed by atoms with E-state index in [2.05, 4.69) is 34.1 Å². The number of carbonyl (C=O) groups is 1. The smallest absolute Gasteiger partial charge is 0.416 e. The van der Waals surface area contributed by atoms with Crippen LogP contribution in [-0.2, 0) is 12.7 Å². The average molecular weight is 553 g/mol. The van der Waals surface area contributed by atoms with Crippen molar-refractivity contribution in [3.05, 3.63) is 65.1 Å². The van der Waals surface area contributed by atoms with Crippen LogP contribution in [0, 0.1) is 5.92 Å². The molecule has 0 amide bonds. The van der Waals surface area contributed by atoms with Gasteiger partial charge in [-0.15, -0.1) is 0 Å². The van der Waals surface area contributed by atoms with Crippen LogP contribution in [-0.4, -0.2) is 42.1 Å². The highest BCUT2D eigenvalue weighted by atomic mass is 19.4. The van der Waals surface area contributed by atoms with Crippen LogP contribution in [0.4, 0.5) is 19.0 Å². The first-order chi connectivity index (χ1) is 19.1. The average Bonchev–Trinajstić information content (AvgIpc) is 3.27. The molecule has 8 nitrogen and oxygen atoms in total. The van der Waals surface area contributed by atoms with Crippen LogP contribution in [0.5, 0.6) is 0 Å². The first-order valence-electron chi connectivity index (χ1n) is 13.5. The molecule has 1 unspecified atom stereocenters. The summed E-state index contributed by atoms with van der Waals surface area (Å²) in [4.78, 5) is 29.6. The Kier molecular flexibility index (Phi) is 7.73. The van der Waals surface area contributed by atoms with Crippen LogP contribution >= 0.6 is 0 Å². The molecule has 1 aromatic carbocycles. The number of pyridine rings is 1. The zero-order chi connectivity index (χ0) is 28.4. The zero-order valence-corrected chi connectivity index (χ0v) is 22.4. The number of halogens is 3. The van der Waals surface area contributed by atoms with Gasteiger partial charge in [-0.2, -0.15) is 13.2 Å². The summed E-state index contributed by atoms with van der Waals surface area (Å²) in [5, 5.41) is 13.0. The van der Waals surface area contributed by atoms with Crippen molar-refractivity contribution in [2.75, 3.05) is 11.9 Å². The van der Waals surface area contributed by atoms with E-state index in [0.29, 0.717) is 40.9 Å². The Bertz CT molecular complexity index is 1510. The number of fused-ring (bicyclic) bond motifs is 1. The minimum Gasteiger partial charge on any atom is -0.475 e. The van der Waals surface area contributed by atoms with Crippen LogP contribution in [0.2, 0.25) is 0 Å². The van der Waals surface area contributed by atoms with Crippen molar-refractivity contribution < 1.29 is 23.1 Å². The number of anilines is 1. The lowest BCUT2D eigenvalue weighted by Gasteiger charge is -2.25. The van der Waals surface area contributed by atoms with Gasteiger partial charge in [0, 0.05) is 19.3 Å². The Balaban J connectivity index is 1.64. The van der Waals surface area contributed by atoms with Gasteiger partial charge in [0.25, 0.3) is 0 Å². The predicted molar refractivity (Wildman–Crippen MR) is 145 cm³/mol. The van der Waals surface area contributed by atoms with Gasteiger partial charge in [0.1, 0.15) is 11.2 Å². The largest absolute Gasteiger partial charge is 0.475 e. The Labute approximate surface area is 229 Å². The molecule has 3 aromatic heterocycles. The molecular weight excluding hydrogens is 521 g/mol. The SMILES string of the molecule is CCC(C)c1ccnc(-c2nc3nc(C(=O)O)nc(NCCC4CCC4)c3n2Cc2ccc(C(F)(F)F)cc2)c1. The molecule has 0 saturated heterocycles. The minimum atomic E-state index is -4.44. The number of aromatic carboxylic acids is 1. The molecule has 0 bridgehead atoms. The standard InChI is InChI=1S/C29H31F3N6O2/c1-3-17(2)20-12-14-33-22(15-20)27-37-25-23(38(27)16-19-7-9-21(10-8-19)29(30,31)32)24(35-26(36-25)28(39)40)34-13-11-18-5-4-6-18/h7-10,12,14-15,17-18H,3-6,11,13,16H2,1-2H3,(H,39,40)(H,34,35,36). The third kappa shape index (κ3) is 5.78. The van der Waals surface area contributed by atoms with Gasteiger partial charge in [-0.1, -0.05) is 45.2 Å². The fourth-order valence-corrected chi connectivity index (χ4v) is 4.87. The molecule has 11 heteroatoms. The number of benzene rings is 1. The second-order valence-corrected chi connectivity index (χ2v) is 10.4. The summed E-state index contributed by atoms with van der Waals surface area (Å²) in [5.74, 6) is -0.00437. The molecule has 5 rings (SSSR count). The molecule has 4 aromatic rings. The van der Waals surface area contributed by atoms with Crippen LogP contribution in [0.3, 0.4) is 0 Å². The van der Waals surface area contributed by atoms with E-state index in [0.717, 1.165) is 30.5 Å². The van der Waals surface area contributed by atoms with E-state index in [9.17, 15) is 23.1 Å². The lowest BCUT2D eigenvalue weighted by Crippen LogP contribution is -2.17. The Morgan fingerprint density at radius 3 is 2.52 bits per heavy atom. The Hall–Kier alpha value is -4.02. The molecule has 1 aliphatic carbocycles. The van der Waals surface area contributed by atoms with Gasteiger partial charge in [0.2, 0.25) is 5.82 Å². The number of nitrogens with one attached hydrogen (secondary N) is 1. The Morgan fingerprint density at radius 1 is 1.15 bits per heavy atom. The maximum Gasteiger partial charge on any atom is 0.416 e. The molecule has 3 heterocycles. The van der Waals surface area contributed by atoms with Gasteiger partial charge >= 0.3 is 12.1 Å². The summed E-state index contributed by atoms with van der Waals surface area (Å²) in [5.41, 5.74) is 2.15. The fourth-order valence-electron chi connectivity index (χ4n) is 4.87. The van der Waals surface area contributed by atoms with Gasteiger partial charge in [-0.3, -0.25) is 4.98 Å². The summed E-state index contributed by atoms with van der Waals surface area (Å²) in [6.07, 6.45) is 2.68. The van der Waals surface area contributed by atoms with Gasteiger partial charge in [0.15, 0.2) is 17.3 Å². The number of nitrogens with zero attached hydrogens (tertiary/aromatic N) is 5. The molecule has 210 valence electrons. The van der Waals surface area contributed by atoms with Crippen LogP contribution in [0.1, 0.15) is 79.2 Å². The van der Waals surface area contributed by atoms with Crippen LogP contribution < -0.4 is 5.32 Å². The van der Waals surface area contributed by atoms with E-state index in [4.69, 9.17) is 4.98 Å². The maximum absolute atomic E-state index is 13.2. The number of carboxylic acid groups (broad SMARTS) is 1. The van der Waals surface area contributed by atoms with E-state index in [1.165, 1.54) is 31.4 Å². The number of rotatable bonds is 10. The highest BCUT2D eigenvalue weighted by Crippen LogP contribution is 2.33. The molecule has 0 radical (unpaired) electrons. The predicted octanol–water partition coefficient (Wildman–Crippen LogP) is 6.77. The van der Waals surface area contributed by atoms with E-state index in [1.54, 1.807) is 10.8 Å². The summed E-state index contributed by atoms with van der Waals surface area (Å²) in [6.45, 7) is 4.96. The second kappa shape index (κ2) is 11.2. The lowest BCUT2D eigenvalue weighted by atomic mass is 9.83. The molecule has 1 aliphatic rings. The van der Waals surface area contributed by atoms with Gasteiger partial charge in [0.05, 0.1) is 5.56 Å². The normalized spacial score (nSPS) is 14.7. The quantitative estimate of drug-likeness (QED) is 0.224. The van der Waals surface area contributed by atoms with E-state index in [-0.39, 0.29) is 23.9 Å². The first kappa shape index (κ1) is 27.5. The van der Waals surface area contributed by atoms with Gasteiger partial charge in [-0.25, -0.2) is 19.7 Å². The molecule has 40 heavy (non-hydrogen) atoms.